The van der Waals surface area contributed by atoms with Gasteiger partial charge in [-0.1, -0.05) is 12.2 Å². The lowest BCUT2D eigenvalue weighted by atomic mass is 9.91. The Kier molecular flexibility index (Phi) is 4.16. The molecule has 2 atom stereocenters. The van der Waals surface area contributed by atoms with Gasteiger partial charge >= 0.3 is 5.97 Å². The number of allylic oxidation sites excluding steroid dienone is 2. The van der Waals surface area contributed by atoms with E-state index in [9.17, 15) is 4.79 Å². The van der Waals surface area contributed by atoms with Crippen LogP contribution in [0.4, 0.5) is 0 Å². The molecule has 140 valence electrons. The first kappa shape index (κ1) is 16.7. The predicted molar refractivity (Wildman–Crippen MR) is 102 cm³/mol. The van der Waals surface area contributed by atoms with E-state index in [-0.39, 0.29) is 5.92 Å². The Morgan fingerprint density at radius 1 is 1.04 bits per heavy atom. The van der Waals surface area contributed by atoms with E-state index in [1.165, 1.54) is 0 Å². The third kappa shape index (κ3) is 2.78. The van der Waals surface area contributed by atoms with Crippen molar-refractivity contribution in [2.75, 3.05) is 0 Å². The molecule has 0 amide bonds. The minimum Gasteiger partial charge on any atom is -0.463 e. The molecule has 0 aromatic carbocycles. The molecule has 0 N–H and O–H groups in total. The van der Waals surface area contributed by atoms with Gasteiger partial charge in [0.2, 0.25) is 6.23 Å². The summed E-state index contributed by atoms with van der Waals surface area (Å²) in [7, 11) is 0. The summed E-state index contributed by atoms with van der Waals surface area (Å²) in [5.74, 6) is 0.285. The van der Waals surface area contributed by atoms with Gasteiger partial charge in [-0.3, -0.25) is 14.9 Å². The SMILES string of the molecule is O=C1OC=C(C2C=CCCC2)N2C1=C(c1ccncc1)O[C@@H]2c1ccncc1. The van der Waals surface area contributed by atoms with Crippen molar-refractivity contribution < 1.29 is 14.3 Å². The van der Waals surface area contributed by atoms with Crippen LogP contribution >= 0.6 is 0 Å². The minimum absolute atomic E-state index is 0.182. The Labute approximate surface area is 162 Å². The highest BCUT2D eigenvalue weighted by Gasteiger charge is 2.45. The third-order valence-corrected chi connectivity index (χ3v) is 5.25. The zero-order valence-corrected chi connectivity index (χ0v) is 15.2. The summed E-state index contributed by atoms with van der Waals surface area (Å²) < 4.78 is 11.8. The number of pyridine rings is 2. The van der Waals surface area contributed by atoms with Crippen LogP contribution in [0.2, 0.25) is 0 Å². The van der Waals surface area contributed by atoms with Crippen molar-refractivity contribution in [3.63, 3.8) is 0 Å². The first-order valence-corrected chi connectivity index (χ1v) is 9.41. The van der Waals surface area contributed by atoms with E-state index in [0.717, 1.165) is 36.1 Å². The van der Waals surface area contributed by atoms with Crippen LogP contribution in [0.5, 0.6) is 0 Å². The van der Waals surface area contributed by atoms with Crippen molar-refractivity contribution in [1.29, 1.82) is 0 Å². The molecular formula is C22H19N3O3. The van der Waals surface area contributed by atoms with E-state index in [1.54, 1.807) is 31.0 Å². The van der Waals surface area contributed by atoms with Gasteiger partial charge in [-0.25, -0.2) is 4.79 Å². The van der Waals surface area contributed by atoms with E-state index < -0.39 is 12.2 Å². The summed E-state index contributed by atoms with van der Waals surface area (Å²) >= 11 is 0. The number of cyclic esters (lactones) is 1. The molecule has 2 aromatic rings. The second kappa shape index (κ2) is 6.96. The Balaban J connectivity index is 1.65. The highest BCUT2D eigenvalue weighted by Crippen LogP contribution is 2.47. The maximum atomic E-state index is 12.8. The Morgan fingerprint density at radius 2 is 1.79 bits per heavy atom. The number of rotatable bonds is 3. The normalized spacial score (nSPS) is 23.8. The zero-order chi connectivity index (χ0) is 18.9. The van der Waals surface area contributed by atoms with E-state index >= 15 is 0 Å². The third-order valence-electron chi connectivity index (χ3n) is 5.25. The largest absolute Gasteiger partial charge is 0.463 e. The topological polar surface area (TPSA) is 64.5 Å². The second-order valence-corrected chi connectivity index (χ2v) is 6.95. The number of aromatic nitrogens is 2. The average Bonchev–Trinajstić information content (AvgIpc) is 3.17. The van der Waals surface area contributed by atoms with Crippen LogP contribution < -0.4 is 0 Å². The van der Waals surface area contributed by atoms with Crippen molar-refractivity contribution in [2.45, 2.75) is 25.5 Å². The lowest BCUT2D eigenvalue weighted by Crippen LogP contribution is -2.34. The molecule has 0 spiro atoms. The van der Waals surface area contributed by atoms with E-state index in [2.05, 4.69) is 22.1 Å². The monoisotopic (exact) mass is 373 g/mol. The number of nitrogens with zero attached hydrogens (tertiary/aromatic N) is 3. The summed E-state index contributed by atoms with van der Waals surface area (Å²) in [5, 5.41) is 0. The number of carbonyl (C=O) groups is 1. The van der Waals surface area contributed by atoms with Gasteiger partial charge < -0.3 is 9.47 Å². The number of ether oxygens (including phenoxy) is 2. The summed E-state index contributed by atoms with van der Waals surface area (Å²) in [6.45, 7) is 0. The first-order valence-electron chi connectivity index (χ1n) is 9.41. The molecule has 0 bridgehead atoms. The summed E-state index contributed by atoms with van der Waals surface area (Å²) in [5.41, 5.74) is 3.10. The molecule has 6 nitrogen and oxygen atoms in total. The van der Waals surface area contributed by atoms with Crippen molar-refractivity contribution in [3.05, 3.63) is 90.0 Å². The molecular weight excluding hydrogens is 354 g/mol. The number of fused-ring (bicyclic) bond motifs is 1. The molecule has 0 saturated heterocycles. The van der Waals surface area contributed by atoms with Crippen LogP contribution in [0.3, 0.4) is 0 Å². The maximum Gasteiger partial charge on any atom is 0.363 e. The van der Waals surface area contributed by atoms with Gasteiger partial charge in [0.1, 0.15) is 6.26 Å². The Bertz CT molecular complexity index is 983. The molecule has 28 heavy (non-hydrogen) atoms. The van der Waals surface area contributed by atoms with Gasteiger partial charge in [-0.15, -0.1) is 0 Å². The molecule has 5 rings (SSSR count). The lowest BCUT2D eigenvalue weighted by molar-refractivity contribution is -0.137. The van der Waals surface area contributed by atoms with Crippen LogP contribution in [-0.2, 0) is 14.3 Å². The molecule has 6 heteroatoms. The van der Waals surface area contributed by atoms with Crippen molar-refractivity contribution in [1.82, 2.24) is 14.9 Å². The zero-order valence-electron chi connectivity index (χ0n) is 15.2. The molecule has 1 aliphatic carbocycles. The summed E-state index contributed by atoms with van der Waals surface area (Å²) in [6, 6.07) is 7.49. The number of hydrogen-bond donors (Lipinski definition) is 0. The summed E-state index contributed by atoms with van der Waals surface area (Å²) in [6.07, 6.45) is 15.6. The molecule has 1 unspecified atom stereocenters. The molecule has 0 radical (unpaired) electrons. The van der Waals surface area contributed by atoms with Gasteiger partial charge in [0.15, 0.2) is 11.5 Å². The van der Waals surface area contributed by atoms with Gasteiger partial charge in [-0.2, -0.15) is 0 Å². The van der Waals surface area contributed by atoms with Crippen LogP contribution in [-0.4, -0.2) is 20.8 Å². The van der Waals surface area contributed by atoms with Crippen molar-refractivity contribution in [2.24, 2.45) is 5.92 Å². The van der Waals surface area contributed by atoms with Crippen LogP contribution in [0.15, 0.2) is 78.9 Å². The predicted octanol–water partition coefficient (Wildman–Crippen LogP) is 3.93. The molecule has 2 aromatic heterocycles. The average molecular weight is 373 g/mol. The van der Waals surface area contributed by atoms with Crippen molar-refractivity contribution in [3.8, 4) is 0 Å². The van der Waals surface area contributed by atoms with E-state index in [1.807, 2.05) is 29.2 Å². The molecule has 4 heterocycles. The maximum absolute atomic E-state index is 12.8. The molecule has 0 saturated carbocycles. The fraction of sp³-hybridized carbons (Fsp3) is 0.227. The standard InChI is InChI=1S/C22H19N3O3/c26-22-19-20(16-6-10-23-11-7-16)28-21(17-8-12-24-13-9-17)25(19)18(14-27-22)15-4-2-1-3-5-15/h2,4,6-15,21H,1,3,5H2/t15?,21-/m1/s1. The van der Waals surface area contributed by atoms with E-state index in [4.69, 9.17) is 9.47 Å². The number of hydrogen-bond acceptors (Lipinski definition) is 6. The number of esters is 1. The van der Waals surface area contributed by atoms with Crippen LogP contribution in [0.1, 0.15) is 36.6 Å². The van der Waals surface area contributed by atoms with Crippen LogP contribution in [0, 0.1) is 5.92 Å². The second-order valence-electron chi connectivity index (χ2n) is 6.95. The van der Waals surface area contributed by atoms with E-state index in [0.29, 0.717) is 11.5 Å². The van der Waals surface area contributed by atoms with Gasteiger partial charge in [0.05, 0.1) is 5.70 Å². The fourth-order valence-electron chi connectivity index (χ4n) is 3.91. The molecule has 0 fully saturated rings. The quantitative estimate of drug-likeness (QED) is 0.600. The Hall–Kier alpha value is -3.41. The fourth-order valence-corrected chi connectivity index (χ4v) is 3.91. The first-order chi connectivity index (χ1) is 13.8. The highest BCUT2D eigenvalue weighted by molar-refractivity contribution is 5.98. The highest BCUT2D eigenvalue weighted by atomic mass is 16.6. The van der Waals surface area contributed by atoms with Gasteiger partial charge in [0, 0.05) is 41.8 Å². The smallest absolute Gasteiger partial charge is 0.363 e. The molecule has 3 aliphatic rings. The van der Waals surface area contributed by atoms with Crippen molar-refractivity contribution >= 4 is 11.7 Å². The molecule has 2 aliphatic heterocycles. The lowest BCUT2D eigenvalue weighted by Gasteiger charge is -2.35. The Morgan fingerprint density at radius 3 is 2.50 bits per heavy atom. The summed E-state index contributed by atoms with van der Waals surface area (Å²) in [4.78, 5) is 22.9. The van der Waals surface area contributed by atoms with Gasteiger partial charge in [-0.05, 0) is 43.5 Å². The minimum atomic E-state index is -0.449. The van der Waals surface area contributed by atoms with Crippen LogP contribution in [0.25, 0.3) is 5.76 Å². The number of carbonyl (C=O) groups excluding carboxylic acids is 1. The van der Waals surface area contributed by atoms with Gasteiger partial charge in [0.25, 0.3) is 0 Å².